The highest BCUT2D eigenvalue weighted by atomic mass is 19.4. The number of nitrogens with one attached hydrogen (secondary N) is 1. The molecule has 2 aromatic carbocycles. The fourth-order valence-corrected chi connectivity index (χ4v) is 4.80. The zero-order valence-corrected chi connectivity index (χ0v) is 15.3. The van der Waals surface area contributed by atoms with Crippen molar-refractivity contribution in [2.24, 2.45) is 5.92 Å². The first-order valence-electron chi connectivity index (χ1n) is 9.11. The maximum Gasteiger partial charge on any atom is 0.416 e. The summed E-state index contributed by atoms with van der Waals surface area (Å²) in [5.74, 6) is 0.747. The van der Waals surface area contributed by atoms with Crippen molar-refractivity contribution in [3.8, 4) is 11.5 Å². The molecule has 0 amide bonds. The van der Waals surface area contributed by atoms with E-state index in [1.807, 2.05) is 12.1 Å². The molecule has 2 aromatic rings. The number of fused-ring (bicyclic) bond motifs is 3. The highest BCUT2D eigenvalue weighted by Gasteiger charge is 2.47. The van der Waals surface area contributed by atoms with E-state index in [9.17, 15) is 13.2 Å². The van der Waals surface area contributed by atoms with Crippen molar-refractivity contribution >= 4 is 0 Å². The van der Waals surface area contributed by atoms with Gasteiger partial charge in [0.1, 0.15) is 0 Å². The van der Waals surface area contributed by atoms with E-state index in [0.29, 0.717) is 17.1 Å². The third-order valence-corrected chi connectivity index (χ3v) is 5.80. The Kier molecular flexibility index (Phi) is 4.54. The first kappa shape index (κ1) is 18.2. The Bertz CT molecular complexity index is 850. The van der Waals surface area contributed by atoms with Crippen LogP contribution in [-0.2, 0) is 6.18 Å². The molecule has 1 aliphatic carbocycles. The molecule has 0 aromatic heterocycles. The van der Waals surface area contributed by atoms with Crippen molar-refractivity contribution in [1.82, 2.24) is 5.32 Å². The first-order chi connectivity index (χ1) is 13.0. The minimum Gasteiger partial charge on any atom is -0.493 e. The molecule has 1 saturated heterocycles. The predicted molar refractivity (Wildman–Crippen MR) is 96.3 cm³/mol. The Labute approximate surface area is 156 Å². The average molecular weight is 377 g/mol. The quantitative estimate of drug-likeness (QED) is 0.825. The highest BCUT2D eigenvalue weighted by Crippen LogP contribution is 2.57. The van der Waals surface area contributed by atoms with Crippen LogP contribution in [0.2, 0.25) is 0 Å². The van der Waals surface area contributed by atoms with Crippen LogP contribution in [0.3, 0.4) is 0 Å². The second-order valence-electron chi connectivity index (χ2n) is 7.10. The summed E-state index contributed by atoms with van der Waals surface area (Å²) in [6.07, 6.45) is -2.59. The predicted octanol–water partition coefficient (Wildman–Crippen LogP) is 4.91. The molecule has 27 heavy (non-hydrogen) atoms. The van der Waals surface area contributed by atoms with Crippen molar-refractivity contribution in [1.29, 1.82) is 0 Å². The first-order valence-corrected chi connectivity index (χ1v) is 9.11. The van der Waals surface area contributed by atoms with Crippen LogP contribution in [-0.4, -0.2) is 20.8 Å². The van der Waals surface area contributed by atoms with Gasteiger partial charge < -0.3 is 14.8 Å². The van der Waals surface area contributed by atoms with Crippen LogP contribution in [0.4, 0.5) is 13.2 Å². The Morgan fingerprint density at radius 2 is 1.78 bits per heavy atom. The normalized spacial score (nSPS) is 24.3. The summed E-state index contributed by atoms with van der Waals surface area (Å²) in [7, 11) is 3.09. The third kappa shape index (κ3) is 2.87. The fraction of sp³-hybridized carbons (Fsp3) is 0.429. The third-order valence-electron chi connectivity index (χ3n) is 5.80. The lowest BCUT2D eigenvalue weighted by atomic mass is 9.78. The molecule has 1 heterocycles. The Morgan fingerprint density at radius 1 is 1.00 bits per heavy atom. The van der Waals surface area contributed by atoms with Crippen LogP contribution in [0.25, 0.3) is 0 Å². The number of ether oxygens (including phenoxy) is 2. The van der Waals surface area contributed by atoms with Gasteiger partial charge in [-0.2, -0.15) is 13.2 Å². The molecule has 1 N–H and O–H groups in total. The minimum absolute atomic E-state index is 0.0276. The van der Waals surface area contributed by atoms with Crippen LogP contribution < -0.4 is 14.8 Å². The van der Waals surface area contributed by atoms with Gasteiger partial charge in [0.15, 0.2) is 11.5 Å². The van der Waals surface area contributed by atoms with Crippen LogP contribution >= 0.6 is 0 Å². The van der Waals surface area contributed by atoms with Gasteiger partial charge in [0, 0.05) is 17.5 Å². The van der Waals surface area contributed by atoms with E-state index < -0.39 is 11.7 Å². The lowest BCUT2D eigenvalue weighted by Crippen LogP contribution is -2.33. The van der Waals surface area contributed by atoms with Crippen LogP contribution in [0.15, 0.2) is 36.4 Å². The summed E-state index contributed by atoms with van der Waals surface area (Å²) >= 11 is 0. The van der Waals surface area contributed by atoms with Crippen molar-refractivity contribution in [2.75, 3.05) is 20.8 Å². The average Bonchev–Trinajstić information content (AvgIpc) is 3.01. The Hall–Kier alpha value is -2.21. The van der Waals surface area contributed by atoms with E-state index in [0.717, 1.165) is 30.5 Å². The van der Waals surface area contributed by atoms with Gasteiger partial charge in [-0.3, -0.25) is 0 Å². The van der Waals surface area contributed by atoms with Crippen molar-refractivity contribution in [3.05, 3.63) is 58.7 Å². The number of halogens is 3. The summed E-state index contributed by atoms with van der Waals surface area (Å²) in [6, 6.07) is 9.73. The van der Waals surface area contributed by atoms with E-state index in [1.165, 1.54) is 12.1 Å². The van der Waals surface area contributed by atoms with Gasteiger partial charge in [-0.05, 0) is 48.6 Å². The Balaban J connectivity index is 1.97. The van der Waals surface area contributed by atoms with Gasteiger partial charge in [0.25, 0.3) is 0 Å². The number of hydrogen-bond acceptors (Lipinski definition) is 3. The number of rotatable bonds is 3. The van der Waals surface area contributed by atoms with E-state index in [1.54, 1.807) is 26.4 Å². The molecule has 2 aliphatic rings. The fourth-order valence-electron chi connectivity index (χ4n) is 4.80. The van der Waals surface area contributed by atoms with Gasteiger partial charge in [-0.15, -0.1) is 0 Å². The zero-order valence-electron chi connectivity index (χ0n) is 15.3. The summed E-state index contributed by atoms with van der Waals surface area (Å²) in [4.78, 5) is 0. The molecule has 3 nitrogen and oxygen atoms in total. The molecule has 0 saturated carbocycles. The smallest absolute Gasteiger partial charge is 0.416 e. The molecular formula is C21H22F3NO2. The van der Waals surface area contributed by atoms with E-state index in [-0.39, 0.29) is 17.9 Å². The number of benzene rings is 2. The lowest BCUT2D eigenvalue weighted by Gasteiger charge is -2.32. The van der Waals surface area contributed by atoms with E-state index in [2.05, 4.69) is 5.32 Å². The maximum absolute atomic E-state index is 13.8. The van der Waals surface area contributed by atoms with E-state index in [4.69, 9.17) is 9.47 Å². The summed E-state index contributed by atoms with van der Waals surface area (Å²) in [5, 5.41) is 3.51. The molecule has 1 fully saturated rings. The number of hydrogen-bond donors (Lipinski definition) is 1. The van der Waals surface area contributed by atoms with Crippen LogP contribution in [0, 0.1) is 5.92 Å². The number of methoxy groups -OCH3 is 2. The van der Waals surface area contributed by atoms with Gasteiger partial charge in [0.2, 0.25) is 0 Å². The van der Waals surface area contributed by atoms with Crippen molar-refractivity contribution in [2.45, 2.75) is 31.0 Å². The van der Waals surface area contributed by atoms with Crippen LogP contribution in [0.1, 0.15) is 47.1 Å². The summed E-state index contributed by atoms with van der Waals surface area (Å²) < 4.78 is 52.3. The SMILES string of the molecule is COc1ccc2c(c1OC)C(c1ccccc1C(F)(F)F)C1CCCNC21. The van der Waals surface area contributed by atoms with Gasteiger partial charge >= 0.3 is 6.18 Å². The largest absolute Gasteiger partial charge is 0.493 e. The molecule has 6 heteroatoms. The minimum atomic E-state index is -4.40. The monoisotopic (exact) mass is 377 g/mol. The number of alkyl halides is 3. The van der Waals surface area contributed by atoms with Gasteiger partial charge in [0.05, 0.1) is 19.8 Å². The zero-order chi connectivity index (χ0) is 19.2. The second kappa shape index (κ2) is 6.75. The summed E-state index contributed by atoms with van der Waals surface area (Å²) in [5.41, 5.74) is 1.57. The van der Waals surface area contributed by atoms with Crippen LogP contribution in [0.5, 0.6) is 11.5 Å². The van der Waals surface area contributed by atoms with Crippen molar-refractivity contribution < 1.29 is 22.6 Å². The summed E-state index contributed by atoms with van der Waals surface area (Å²) in [6.45, 7) is 0.864. The Morgan fingerprint density at radius 3 is 2.48 bits per heavy atom. The number of piperidine rings is 1. The topological polar surface area (TPSA) is 30.5 Å². The molecule has 0 radical (unpaired) electrons. The molecule has 0 spiro atoms. The molecule has 4 rings (SSSR count). The molecular weight excluding hydrogens is 355 g/mol. The molecule has 3 unspecified atom stereocenters. The van der Waals surface area contributed by atoms with Crippen molar-refractivity contribution in [3.63, 3.8) is 0 Å². The standard InChI is InChI=1S/C21H22F3NO2/c1-26-16-10-9-14-18(20(16)27-2)17(13-7-5-11-25-19(13)14)12-6-3-4-8-15(12)21(22,23)24/h3-4,6,8-10,13,17,19,25H,5,7,11H2,1-2H3. The van der Waals surface area contributed by atoms with Gasteiger partial charge in [-0.25, -0.2) is 0 Å². The maximum atomic E-state index is 13.8. The van der Waals surface area contributed by atoms with E-state index >= 15 is 0 Å². The second-order valence-corrected chi connectivity index (χ2v) is 7.10. The molecule has 3 atom stereocenters. The molecule has 0 bridgehead atoms. The van der Waals surface area contributed by atoms with Gasteiger partial charge in [-0.1, -0.05) is 24.3 Å². The highest BCUT2D eigenvalue weighted by molar-refractivity contribution is 5.60. The molecule has 144 valence electrons. The molecule has 1 aliphatic heterocycles. The lowest BCUT2D eigenvalue weighted by molar-refractivity contribution is -0.138.